The highest BCUT2D eigenvalue weighted by atomic mass is 19.1. The predicted octanol–water partition coefficient (Wildman–Crippen LogP) is 6.17. The molecule has 1 fully saturated rings. The monoisotopic (exact) mass is 499 g/mol. The highest BCUT2D eigenvalue weighted by Gasteiger charge is 2.47. The summed E-state index contributed by atoms with van der Waals surface area (Å²) in [4.78, 5) is 11.6. The molecule has 5 rings (SSSR count). The van der Waals surface area contributed by atoms with Gasteiger partial charge < -0.3 is 14.6 Å². The minimum Gasteiger partial charge on any atom is -0.497 e. The molecule has 2 aliphatic rings. The van der Waals surface area contributed by atoms with Gasteiger partial charge in [0.1, 0.15) is 34.8 Å². The van der Waals surface area contributed by atoms with Crippen LogP contribution in [0, 0.1) is 35.9 Å². The normalized spacial score (nSPS) is 18.8. The molecule has 3 aromatic rings. The number of carboxylic acids is 1. The number of methoxy groups -OCH3 is 1. The summed E-state index contributed by atoms with van der Waals surface area (Å²) in [5.74, 6) is 0.696. The van der Waals surface area contributed by atoms with Gasteiger partial charge >= 0.3 is 5.97 Å². The molecule has 3 aromatic carbocycles. The molecule has 1 heterocycles. The Balaban J connectivity index is 1.35. The number of halogens is 1. The fourth-order valence-corrected chi connectivity index (χ4v) is 4.90. The molecule has 1 N–H and O–H groups in total. The molecule has 0 saturated heterocycles. The highest BCUT2D eigenvalue weighted by molar-refractivity contribution is 6.04. The van der Waals surface area contributed by atoms with Crippen molar-refractivity contribution in [3.63, 3.8) is 0 Å². The lowest BCUT2D eigenvalue weighted by atomic mass is 9.89. The summed E-state index contributed by atoms with van der Waals surface area (Å²) in [6.45, 7) is 1.89. The number of hydrogen-bond acceptors (Lipinski definition) is 6. The first-order valence-corrected chi connectivity index (χ1v) is 12.1. The van der Waals surface area contributed by atoms with Gasteiger partial charge in [-0.15, -0.1) is 0 Å². The van der Waals surface area contributed by atoms with E-state index in [0.717, 1.165) is 18.4 Å². The van der Waals surface area contributed by atoms with Gasteiger partial charge in [0.15, 0.2) is 0 Å². The molecule has 7 nitrogen and oxygen atoms in total. The van der Waals surface area contributed by atoms with E-state index in [1.54, 1.807) is 48.5 Å². The van der Waals surface area contributed by atoms with Crippen LogP contribution in [0.25, 0.3) is 11.1 Å². The van der Waals surface area contributed by atoms with E-state index in [-0.39, 0.29) is 18.2 Å². The lowest BCUT2D eigenvalue weighted by Gasteiger charge is -2.26. The number of nitriles is 1. The third-order valence-electron chi connectivity index (χ3n) is 6.88. The van der Waals surface area contributed by atoms with Crippen molar-refractivity contribution in [2.24, 2.45) is 16.9 Å². The van der Waals surface area contributed by atoms with Crippen LogP contribution in [0.4, 0.5) is 10.1 Å². The number of aliphatic carboxylic acids is 1. The van der Waals surface area contributed by atoms with Gasteiger partial charge in [0.25, 0.3) is 0 Å². The number of aryl methyl sites for hydroxylation is 1. The van der Waals surface area contributed by atoms with Crippen molar-refractivity contribution in [2.75, 3.05) is 12.1 Å². The smallest absolute Gasteiger partial charge is 0.305 e. The van der Waals surface area contributed by atoms with Gasteiger partial charge in [0.05, 0.1) is 25.3 Å². The number of anilines is 1. The summed E-state index contributed by atoms with van der Waals surface area (Å²) >= 11 is 0. The van der Waals surface area contributed by atoms with Crippen LogP contribution in [0.5, 0.6) is 17.2 Å². The maximum absolute atomic E-state index is 14.4. The van der Waals surface area contributed by atoms with Gasteiger partial charge in [-0.25, -0.2) is 4.39 Å². The number of ether oxygens (including phenoxy) is 2. The minimum absolute atomic E-state index is 0.0898. The second kappa shape index (κ2) is 9.94. The Hall–Kier alpha value is -4.38. The first kappa shape index (κ1) is 24.3. The highest BCUT2D eigenvalue weighted by Crippen LogP contribution is 2.45. The Labute approximate surface area is 214 Å². The van der Waals surface area contributed by atoms with Crippen LogP contribution in [0.2, 0.25) is 0 Å². The first-order valence-electron chi connectivity index (χ1n) is 12.1. The molecule has 0 spiro atoms. The van der Waals surface area contributed by atoms with Gasteiger partial charge in [-0.05, 0) is 91.4 Å². The van der Waals surface area contributed by atoms with Crippen molar-refractivity contribution in [2.45, 2.75) is 32.2 Å². The van der Waals surface area contributed by atoms with Gasteiger partial charge in [-0.3, -0.25) is 9.80 Å². The quantitative estimate of drug-likeness (QED) is 0.398. The SMILES string of the molecule is COc1ccc(F)c(-c2ccc(Oc3ccc(N4N=C(C#N)C(C5CC5)C4CC(=O)O)cc3)c(C)c2)c1. The Bertz CT molecular complexity index is 1410. The molecule has 2 unspecified atom stereocenters. The van der Waals surface area contributed by atoms with E-state index in [1.165, 1.54) is 6.07 Å². The van der Waals surface area contributed by atoms with Gasteiger partial charge in [0.2, 0.25) is 0 Å². The Morgan fingerprint density at radius 3 is 2.49 bits per heavy atom. The fraction of sp³-hybridized carbons (Fsp3) is 0.276. The van der Waals surface area contributed by atoms with Crippen LogP contribution < -0.4 is 14.5 Å². The molecule has 188 valence electrons. The van der Waals surface area contributed by atoms with Crippen LogP contribution in [0.1, 0.15) is 24.8 Å². The average Bonchev–Trinajstić information content (AvgIpc) is 3.67. The second-order valence-corrected chi connectivity index (χ2v) is 9.39. The van der Waals surface area contributed by atoms with E-state index in [2.05, 4.69) is 11.2 Å². The summed E-state index contributed by atoms with van der Waals surface area (Å²) in [6, 6.07) is 19.1. The standard InChI is InChI=1S/C29H26FN3O4/c1-17-13-19(23-14-22(36-2)10-11-24(23)30)5-12-27(17)37-21-8-6-20(7-9-21)33-26(15-28(34)35)29(18-3-4-18)25(16-31)32-33/h5-14,18,26,29H,3-4,15H2,1-2H3,(H,34,35). The van der Waals surface area contributed by atoms with Crippen molar-refractivity contribution < 1.29 is 23.8 Å². The summed E-state index contributed by atoms with van der Waals surface area (Å²) in [5.41, 5.74) is 3.10. The number of hydrogen-bond donors (Lipinski definition) is 1. The molecule has 37 heavy (non-hydrogen) atoms. The second-order valence-electron chi connectivity index (χ2n) is 9.39. The Kier molecular flexibility index (Phi) is 6.53. The van der Waals surface area contributed by atoms with Crippen molar-refractivity contribution >= 4 is 17.4 Å². The molecule has 1 aliphatic carbocycles. The predicted molar refractivity (Wildman–Crippen MR) is 137 cm³/mol. The van der Waals surface area contributed by atoms with Crippen molar-refractivity contribution in [3.8, 4) is 34.4 Å². The molecule has 0 radical (unpaired) electrons. The van der Waals surface area contributed by atoms with Crippen LogP contribution >= 0.6 is 0 Å². The van der Waals surface area contributed by atoms with Crippen LogP contribution in [0.3, 0.4) is 0 Å². The number of nitrogens with zero attached hydrogens (tertiary/aromatic N) is 3. The topological polar surface area (TPSA) is 95.2 Å². The third kappa shape index (κ3) is 4.98. The van der Waals surface area contributed by atoms with E-state index in [1.807, 2.05) is 25.1 Å². The third-order valence-corrected chi connectivity index (χ3v) is 6.88. The van der Waals surface area contributed by atoms with Gasteiger partial charge in [-0.2, -0.15) is 10.4 Å². The maximum atomic E-state index is 14.4. The summed E-state index contributed by atoms with van der Waals surface area (Å²) in [6.07, 6.45) is 1.89. The molecule has 1 saturated carbocycles. The van der Waals surface area contributed by atoms with Crippen LogP contribution in [0.15, 0.2) is 65.8 Å². The lowest BCUT2D eigenvalue weighted by molar-refractivity contribution is -0.137. The fourth-order valence-electron chi connectivity index (χ4n) is 4.90. The van der Waals surface area contributed by atoms with E-state index >= 15 is 0 Å². The van der Waals surface area contributed by atoms with Crippen molar-refractivity contribution in [1.29, 1.82) is 5.26 Å². The van der Waals surface area contributed by atoms with Crippen LogP contribution in [-0.4, -0.2) is 29.9 Å². The largest absolute Gasteiger partial charge is 0.497 e. The molecule has 0 amide bonds. The summed E-state index contributed by atoms with van der Waals surface area (Å²) in [5, 5.41) is 25.2. The Morgan fingerprint density at radius 2 is 1.86 bits per heavy atom. The molecular weight excluding hydrogens is 473 g/mol. The summed E-state index contributed by atoms with van der Waals surface area (Å²) in [7, 11) is 1.54. The molecule has 0 aromatic heterocycles. The molecule has 0 bridgehead atoms. The van der Waals surface area contributed by atoms with E-state index in [4.69, 9.17) is 9.47 Å². The zero-order valence-corrected chi connectivity index (χ0v) is 20.5. The number of carbonyl (C=O) groups is 1. The van der Waals surface area contributed by atoms with E-state index in [0.29, 0.717) is 45.7 Å². The van der Waals surface area contributed by atoms with E-state index < -0.39 is 12.0 Å². The van der Waals surface area contributed by atoms with Gasteiger partial charge in [0, 0.05) is 11.5 Å². The zero-order chi connectivity index (χ0) is 26.1. The number of carboxylic acid groups (broad SMARTS) is 1. The number of rotatable bonds is 8. The average molecular weight is 500 g/mol. The number of benzene rings is 3. The zero-order valence-electron chi connectivity index (χ0n) is 20.5. The molecule has 2 atom stereocenters. The van der Waals surface area contributed by atoms with Gasteiger partial charge in [-0.1, -0.05) is 6.07 Å². The lowest BCUT2D eigenvalue weighted by Crippen LogP contribution is -2.36. The maximum Gasteiger partial charge on any atom is 0.305 e. The Morgan fingerprint density at radius 1 is 1.14 bits per heavy atom. The van der Waals surface area contributed by atoms with E-state index in [9.17, 15) is 19.6 Å². The summed E-state index contributed by atoms with van der Waals surface area (Å²) < 4.78 is 25.7. The van der Waals surface area contributed by atoms with Crippen molar-refractivity contribution in [3.05, 3.63) is 72.0 Å². The molecular formula is C29H26FN3O4. The minimum atomic E-state index is -0.914. The molecule has 8 heteroatoms. The van der Waals surface area contributed by atoms with Crippen molar-refractivity contribution in [1.82, 2.24) is 0 Å². The number of hydrazone groups is 1. The first-order chi connectivity index (χ1) is 17.9. The molecule has 1 aliphatic heterocycles. The van der Waals surface area contributed by atoms with Crippen LogP contribution in [-0.2, 0) is 4.79 Å².